The van der Waals surface area contributed by atoms with Crippen LogP contribution < -0.4 is 24.8 Å². The largest absolute Gasteiger partial charge is 0.493 e. The monoisotopic (exact) mass is 453 g/mol. The van der Waals surface area contributed by atoms with Crippen LogP contribution in [0.3, 0.4) is 0 Å². The summed E-state index contributed by atoms with van der Waals surface area (Å²) in [6.45, 7) is 3.19. The van der Waals surface area contributed by atoms with Crippen LogP contribution in [0.5, 0.6) is 17.2 Å². The molecule has 0 radical (unpaired) electrons. The minimum absolute atomic E-state index is 0. The second-order valence-electron chi connectivity index (χ2n) is 4.96. The van der Waals surface area contributed by atoms with Crippen molar-refractivity contribution >= 4 is 29.9 Å². The number of benzene rings is 1. The Balaban J connectivity index is 0.00000529. The molecule has 0 aromatic heterocycles. The maximum Gasteiger partial charge on any atom is 0.203 e. The molecule has 1 aromatic carbocycles. The highest BCUT2D eigenvalue weighted by atomic mass is 127. The summed E-state index contributed by atoms with van der Waals surface area (Å²) in [5.74, 6) is 2.52. The van der Waals surface area contributed by atoms with Crippen LogP contribution in [0.15, 0.2) is 17.1 Å². The summed E-state index contributed by atoms with van der Waals surface area (Å²) in [6.07, 6.45) is 0. The lowest BCUT2D eigenvalue weighted by Gasteiger charge is -2.18. The molecule has 8 heteroatoms. The van der Waals surface area contributed by atoms with E-state index in [9.17, 15) is 0 Å². The van der Waals surface area contributed by atoms with E-state index in [0.29, 0.717) is 36.4 Å². The molecule has 1 rings (SSSR count). The maximum absolute atomic E-state index is 5.35. The van der Waals surface area contributed by atoms with Crippen LogP contribution in [0.25, 0.3) is 0 Å². The Labute approximate surface area is 161 Å². The lowest BCUT2D eigenvalue weighted by Crippen LogP contribution is -2.43. The van der Waals surface area contributed by atoms with Gasteiger partial charge in [-0.2, -0.15) is 0 Å². The summed E-state index contributed by atoms with van der Waals surface area (Å²) in [5, 5.41) is 6.49. The number of nitrogens with zero attached hydrogens (tertiary/aromatic N) is 1. The van der Waals surface area contributed by atoms with Gasteiger partial charge in [0.25, 0.3) is 0 Å². The van der Waals surface area contributed by atoms with Crippen molar-refractivity contribution in [3.63, 3.8) is 0 Å². The van der Waals surface area contributed by atoms with Crippen LogP contribution in [0.1, 0.15) is 12.5 Å². The molecule has 0 aliphatic rings. The van der Waals surface area contributed by atoms with Gasteiger partial charge >= 0.3 is 0 Å². The quantitative estimate of drug-likeness (QED) is 0.357. The molecule has 2 N–H and O–H groups in total. The molecule has 7 nitrogen and oxygen atoms in total. The fraction of sp³-hybridized carbons (Fsp3) is 0.562. The molecule has 0 amide bonds. The van der Waals surface area contributed by atoms with Crippen molar-refractivity contribution in [1.29, 1.82) is 0 Å². The summed E-state index contributed by atoms with van der Waals surface area (Å²) in [5.41, 5.74) is 0.988. The summed E-state index contributed by atoms with van der Waals surface area (Å²) in [4.78, 5) is 4.20. The van der Waals surface area contributed by atoms with Crippen molar-refractivity contribution in [3.8, 4) is 17.2 Å². The third-order valence-electron chi connectivity index (χ3n) is 3.21. The highest BCUT2D eigenvalue weighted by Gasteiger charge is 2.13. The number of hydrogen-bond donors (Lipinski definition) is 2. The van der Waals surface area contributed by atoms with Gasteiger partial charge in [-0.05, 0) is 24.6 Å². The summed E-state index contributed by atoms with van der Waals surface area (Å²) >= 11 is 0. The second-order valence-corrected chi connectivity index (χ2v) is 4.96. The van der Waals surface area contributed by atoms with Crippen LogP contribution in [0.4, 0.5) is 0 Å². The van der Waals surface area contributed by atoms with Crippen LogP contribution in [0, 0.1) is 0 Å². The van der Waals surface area contributed by atoms with Crippen molar-refractivity contribution in [2.24, 2.45) is 4.99 Å². The fourth-order valence-electron chi connectivity index (χ4n) is 2.14. The zero-order chi connectivity index (χ0) is 17.2. The van der Waals surface area contributed by atoms with Crippen LogP contribution >= 0.6 is 24.0 Å². The topological polar surface area (TPSA) is 73.3 Å². The molecule has 0 saturated carbocycles. The van der Waals surface area contributed by atoms with Gasteiger partial charge in [-0.1, -0.05) is 0 Å². The first-order valence-corrected chi connectivity index (χ1v) is 7.34. The van der Waals surface area contributed by atoms with Gasteiger partial charge in [0.05, 0.1) is 27.9 Å². The van der Waals surface area contributed by atoms with Crippen molar-refractivity contribution < 1.29 is 18.9 Å². The molecule has 1 unspecified atom stereocenters. The number of guanidine groups is 1. The van der Waals surface area contributed by atoms with E-state index in [4.69, 9.17) is 18.9 Å². The van der Waals surface area contributed by atoms with E-state index >= 15 is 0 Å². The number of aliphatic imine (C=N–C) groups is 1. The molecule has 1 atom stereocenters. The Kier molecular flexibility index (Phi) is 11.3. The van der Waals surface area contributed by atoms with E-state index in [-0.39, 0.29) is 30.0 Å². The maximum atomic E-state index is 5.35. The first kappa shape index (κ1) is 22.6. The predicted octanol–water partition coefficient (Wildman–Crippen LogP) is 2.03. The minimum Gasteiger partial charge on any atom is -0.493 e. The van der Waals surface area contributed by atoms with E-state index in [2.05, 4.69) is 15.6 Å². The standard InChI is InChI=1S/C16H27N3O4.HI/c1-11(10-20-3)19-16(17-2)18-9-12-7-13(21-4)15(23-6)14(8-12)22-5;/h7-8,11H,9-10H2,1-6H3,(H2,17,18,19);1H. The van der Waals surface area contributed by atoms with Crippen LogP contribution in [-0.2, 0) is 11.3 Å². The summed E-state index contributed by atoms with van der Waals surface area (Å²) in [6, 6.07) is 3.96. The molecule has 0 bridgehead atoms. The molecule has 0 heterocycles. The number of hydrogen-bond acceptors (Lipinski definition) is 5. The average molecular weight is 453 g/mol. The van der Waals surface area contributed by atoms with E-state index in [1.54, 1.807) is 35.5 Å². The average Bonchev–Trinajstić information content (AvgIpc) is 2.57. The Hall–Kier alpha value is -1.42. The van der Waals surface area contributed by atoms with Gasteiger partial charge in [0.2, 0.25) is 5.75 Å². The number of ether oxygens (including phenoxy) is 4. The Morgan fingerprint density at radius 1 is 1.08 bits per heavy atom. The molecule has 0 fully saturated rings. The minimum atomic E-state index is 0. The van der Waals surface area contributed by atoms with Gasteiger partial charge < -0.3 is 29.6 Å². The van der Waals surface area contributed by atoms with Gasteiger partial charge in [-0.25, -0.2) is 0 Å². The normalized spacial score (nSPS) is 12.0. The Morgan fingerprint density at radius 3 is 2.08 bits per heavy atom. The van der Waals surface area contributed by atoms with Crippen molar-refractivity contribution in [2.75, 3.05) is 42.1 Å². The lowest BCUT2D eigenvalue weighted by atomic mass is 10.2. The van der Waals surface area contributed by atoms with Crippen molar-refractivity contribution in [2.45, 2.75) is 19.5 Å². The third-order valence-corrected chi connectivity index (χ3v) is 3.21. The smallest absolute Gasteiger partial charge is 0.203 e. The highest BCUT2D eigenvalue weighted by molar-refractivity contribution is 14.0. The van der Waals surface area contributed by atoms with Crippen LogP contribution in [0.2, 0.25) is 0 Å². The van der Waals surface area contributed by atoms with Crippen molar-refractivity contribution in [1.82, 2.24) is 10.6 Å². The highest BCUT2D eigenvalue weighted by Crippen LogP contribution is 2.38. The number of methoxy groups -OCH3 is 4. The molecular weight excluding hydrogens is 425 g/mol. The Bertz CT molecular complexity index is 501. The first-order valence-electron chi connectivity index (χ1n) is 7.34. The van der Waals surface area contributed by atoms with Gasteiger partial charge in [0.1, 0.15) is 0 Å². The van der Waals surface area contributed by atoms with E-state index in [0.717, 1.165) is 5.56 Å². The van der Waals surface area contributed by atoms with Gasteiger partial charge in [0.15, 0.2) is 17.5 Å². The summed E-state index contributed by atoms with van der Waals surface area (Å²) < 4.78 is 21.1. The SMILES string of the molecule is CN=C(NCc1cc(OC)c(OC)c(OC)c1)NC(C)COC.I. The fourth-order valence-corrected chi connectivity index (χ4v) is 2.14. The summed E-state index contributed by atoms with van der Waals surface area (Å²) in [7, 11) is 8.18. The van der Waals surface area contributed by atoms with Gasteiger partial charge in [-0.3, -0.25) is 4.99 Å². The van der Waals surface area contributed by atoms with E-state index in [1.165, 1.54) is 0 Å². The molecular formula is C16H28IN3O4. The molecule has 138 valence electrons. The molecule has 0 aliphatic heterocycles. The Morgan fingerprint density at radius 2 is 1.67 bits per heavy atom. The number of halogens is 1. The lowest BCUT2D eigenvalue weighted by molar-refractivity contribution is 0.179. The van der Waals surface area contributed by atoms with E-state index < -0.39 is 0 Å². The molecule has 1 aromatic rings. The second kappa shape index (κ2) is 12.0. The van der Waals surface area contributed by atoms with Gasteiger partial charge in [0, 0.05) is 26.7 Å². The van der Waals surface area contributed by atoms with Gasteiger partial charge in [-0.15, -0.1) is 24.0 Å². The van der Waals surface area contributed by atoms with Crippen molar-refractivity contribution in [3.05, 3.63) is 17.7 Å². The number of nitrogens with one attached hydrogen (secondary N) is 2. The zero-order valence-corrected chi connectivity index (χ0v) is 17.5. The first-order chi connectivity index (χ1) is 11.1. The zero-order valence-electron chi connectivity index (χ0n) is 15.1. The molecule has 0 spiro atoms. The van der Waals surface area contributed by atoms with Crippen LogP contribution in [-0.4, -0.2) is 54.1 Å². The van der Waals surface area contributed by atoms with E-state index in [1.807, 2.05) is 19.1 Å². The number of rotatable bonds is 8. The third kappa shape index (κ3) is 6.60. The molecule has 0 saturated heterocycles. The predicted molar refractivity (Wildman–Crippen MR) is 106 cm³/mol. The molecule has 24 heavy (non-hydrogen) atoms. The molecule has 0 aliphatic carbocycles.